The van der Waals surface area contributed by atoms with E-state index in [1.54, 1.807) is 11.0 Å². The summed E-state index contributed by atoms with van der Waals surface area (Å²) in [5, 5.41) is 8.37. The van der Waals surface area contributed by atoms with Gasteiger partial charge in [-0.1, -0.05) is 6.58 Å². The molecule has 0 bridgehead atoms. The van der Waals surface area contributed by atoms with Gasteiger partial charge in [0.05, 0.1) is 0 Å². The Balaban J connectivity index is 2.54. The van der Waals surface area contributed by atoms with E-state index in [1.165, 1.54) is 0 Å². The predicted octanol–water partition coefficient (Wildman–Crippen LogP) is 0.689. The topological polar surface area (TPSA) is 44.1 Å². The smallest absolute Gasteiger partial charge is 0.263 e. The van der Waals surface area contributed by atoms with Gasteiger partial charge in [-0.3, -0.25) is 4.79 Å². The van der Waals surface area contributed by atoms with Crippen LogP contribution < -0.4 is 0 Å². The maximum absolute atomic E-state index is 11.2. The van der Waals surface area contributed by atoms with Gasteiger partial charge >= 0.3 is 0 Å². The fourth-order valence-corrected chi connectivity index (χ4v) is 1.16. The van der Waals surface area contributed by atoms with Crippen LogP contribution >= 0.6 is 0 Å². The van der Waals surface area contributed by atoms with Crippen molar-refractivity contribution in [3.8, 4) is 6.07 Å². The van der Waals surface area contributed by atoms with Crippen molar-refractivity contribution in [3.63, 3.8) is 0 Å². The van der Waals surface area contributed by atoms with E-state index in [9.17, 15) is 4.79 Å². The first kappa shape index (κ1) is 7.80. The molecule has 0 aromatic rings. The molecule has 1 aliphatic rings. The lowest BCUT2D eigenvalue weighted by molar-refractivity contribution is -0.125. The van der Waals surface area contributed by atoms with Gasteiger partial charge in [0.25, 0.3) is 5.91 Å². The van der Waals surface area contributed by atoms with E-state index in [4.69, 9.17) is 5.26 Å². The molecule has 58 valence electrons. The van der Waals surface area contributed by atoms with Crippen LogP contribution in [0.25, 0.3) is 0 Å². The first-order valence-electron chi connectivity index (χ1n) is 3.64. The van der Waals surface area contributed by atoms with Gasteiger partial charge in [0.1, 0.15) is 11.6 Å². The van der Waals surface area contributed by atoms with Gasteiger partial charge in [-0.15, -0.1) is 0 Å². The normalized spacial score (nSPS) is 16.1. The van der Waals surface area contributed by atoms with Crippen molar-refractivity contribution >= 4 is 5.91 Å². The van der Waals surface area contributed by atoms with Crippen molar-refractivity contribution in [1.82, 2.24) is 4.90 Å². The number of likely N-dealkylation sites (tertiary alicyclic amines) is 1. The third-order valence-electron chi connectivity index (χ3n) is 1.79. The average Bonchev–Trinajstić information content (AvgIpc) is 2.53. The van der Waals surface area contributed by atoms with Crippen LogP contribution in [0.3, 0.4) is 0 Å². The minimum absolute atomic E-state index is 0.0481. The van der Waals surface area contributed by atoms with Crippen molar-refractivity contribution in [1.29, 1.82) is 5.26 Å². The summed E-state index contributed by atoms with van der Waals surface area (Å²) in [5.41, 5.74) is 0.0481. The molecule has 0 saturated carbocycles. The number of hydrogen-bond acceptors (Lipinski definition) is 2. The SMILES string of the molecule is C=C(C#N)C(=O)N1CCCC1. The van der Waals surface area contributed by atoms with Gasteiger partial charge in [0, 0.05) is 13.1 Å². The van der Waals surface area contributed by atoms with E-state index in [0.717, 1.165) is 25.9 Å². The standard InChI is InChI=1S/C8H10N2O/c1-7(6-9)8(11)10-4-2-3-5-10/h1-5H2. The van der Waals surface area contributed by atoms with Crippen molar-refractivity contribution < 1.29 is 4.79 Å². The largest absolute Gasteiger partial charge is 0.338 e. The maximum Gasteiger partial charge on any atom is 0.263 e. The van der Waals surface area contributed by atoms with E-state index in [-0.39, 0.29) is 11.5 Å². The molecule has 1 saturated heterocycles. The van der Waals surface area contributed by atoms with Gasteiger partial charge in [-0.2, -0.15) is 5.26 Å². The molecule has 0 spiro atoms. The molecule has 0 radical (unpaired) electrons. The second-order valence-electron chi connectivity index (χ2n) is 2.59. The van der Waals surface area contributed by atoms with Crippen LogP contribution in [0.4, 0.5) is 0 Å². The molecule has 3 nitrogen and oxygen atoms in total. The Hall–Kier alpha value is -1.30. The van der Waals surface area contributed by atoms with Gasteiger partial charge in [0.15, 0.2) is 0 Å². The molecule has 0 unspecified atom stereocenters. The minimum atomic E-state index is -0.204. The van der Waals surface area contributed by atoms with Gasteiger partial charge < -0.3 is 4.90 Å². The van der Waals surface area contributed by atoms with Crippen LogP contribution in [0.2, 0.25) is 0 Å². The number of nitriles is 1. The van der Waals surface area contributed by atoms with Crippen LogP contribution in [0.5, 0.6) is 0 Å². The zero-order chi connectivity index (χ0) is 8.27. The number of rotatable bonds is 1. The molecule has 0 aromatic heterocycles. The zero-order valence-corrected chi connectivity index (χ0v) is 6.34. The quantitative estimate of drug-likeness (QED) is 0.407. The number of amides is 1. The second-order valence-corrected chi connectivity index (χ2v) is 2.59. The van der Waals surface area contributed by atoms with E-state index in [1.807, 2.05) is 0 Å². The molecule has 1 rings (SSSR count). The summed E-state index contributed by atoms with van der Waals surface area (Å²) < 4.78 is 0. The summed E-state index contributed by atoms with van der Waals surface area (Å²) in [5.74, 6) is -0.204. The van der Waals surface area contributed by atoms with Crippen LogP contribution in [0, 0.1) is 11.3 Å². The molecule has 1 amide bonds. The lowest BCUT2D eigenvalue weighted by atomic mass is 10.3. The molecule has 1 fully saturated rings. The van der Waals surface area contributed by atoms with Crippen molar-refractivity contribution in [3.05, 3.63) is 12.2 Å². The number of nitrogens with zero attached hydrogens (tertiary/aromatic N) is 2. The van der Waals surface area contributed by atoms with Crippen LogP contribution in [0.15, 0.2) is 12.2 Å². The maximum atomic E-state index is 11.2. The van der Waals surface area contributed by atoms with Crippen molar-refractivity contribution in [2.45, 2.75) is 12.8 Å². The third-order valence-corrected chi connectivity index (χ3v) is 1.79. The molecule has 11 heavy (non-hydrogen) atoms. The Morgan fingerprint density at radius 2 is 2.00 bits per heavy atom. The summed E-state index contributed by atoms with van der Waals surface area (Å²) in [4.78, 5) is 12.9. The van der Waals surface area contributed by atoms with E-state index in [2.05, 4.69) is 6.58 Å². The molecule has 1 heterocycles. The van der Waals surface area contributed by atoms with E-state index in [0.29, 0.717) is 0 Å². The fourth-order valence-electron chi connectivity index (χ4n) is 1.16. The lowest BCUT2D eigenvalue weighted by Gasteiger charge is -2.12. The Bertz CT molecular complexity index is 221. The molecule has 1 aliphatic heterocycles. The first-order valence-corrected chi connectivity index (χ1v) is 3.64. The molecule has 3 heteroatoms. The number of carbonyl (C=O) groups is 1. The Kier molecular flexibility index (Phi) is 2.27. The number of hydrogen-bond donors (Lipinski definition) is 0. The molecule has 0 N–H and O–H groups in total. The highest BCUT2D eigenvalue weighted by Crippen LogP contribution is 2.09. The molecule has 0 aliphatic carbocycles. The summed E-state index contributed by atoms with van der Waals surface area (Å²) >= 11 is 0. The molecule has 0 atom stereocenters. The fraction of sp³-hybridized carbons (Fsp3) is 0.500. The zero-order valence-electron chi connectivity index (χ0n) is 6.34. The molecule has 0 aromatic carbocycles. The Morgan fingerprint density at radius 1 is 1.45 bits per heavy atom. The van der Waals surface area contributed by atoms with Crippen LogP contribution in [0.1, 0.15) is 12.8 Å². The number of carbonyl (C=O) groups excluding carboxylic acids is 1. The third kappa shape index (κ3) is 1.58. The lowest BCUT2D eigenvalue weighted by Crippen LogP contribution is -2.28. The van der Waals surface area contributed by atoms with Gasteiger partial charge in [-0.25, -0.2) is 0 Å². The van der Waals surface area contributed by atoms with Gasteiger partial charge in [0.2, 0.25) is 0 Å². The van der Waals surface area contributed by atoms with Crippen molar-refractivity contribution in [2.75, 3.05) is 13.1 Å². The Labute approximate surface area is 65.9 Å². The molecular weight excluding hydrogens is 140 g/mol. The summed E-state index contributed by atoms with van der Waals surface area (Å²) in [6.45, 7) is 4.92. The van der Waals surface area contributed by atoms with Crippen molar-refractivity contribution in [2.24, 2.45) is 0 Å². The average molecular weight is 150 g/mol. The highest BCUT2D eigenvalue weighted by atomic mass is 16.2. The highest BCUT2D eigenvalue weighted by Gasteiger charge is 2.19. The van der Waals surface area contributed by atoms with Gasteiger partial charge in [-0.05, 0) is 12.8 Å². The Morgan fingerprint density at radius 3 is 2.45 bits per heavy atom. The minimum Gasteiger partial charge on any atom is -0.338 e. The highest BCUT2D eigenvalue weighted by molar-refractivity contribution is 5.96. The molecular formula is C8H10N2O. The monoisotopic (exact) mass is 150 g/mol. The van der Waals surface area contributed by atoms with E-state index < -0.39 is 0 Å². The predicted molar refractivity (Wildman–Crippen MR) is 40.6 cm³/mol. The summed E-state index contributed by atoms with van der Waals surface area (Å²) in [6.07, 6.45) is 2.09. The second kappa shape index (κ2) is 3.20. The van der Waals surface area contributed by atoms with Crippen LogP contribution in [-0.2, 0) is 4.79 Å². The summed E-state index contributed by atoms with van der Waals surface area (Å²) in [7, 11) is 0. The summed E-state index contributed by atoms with van der Waals surface area (Å²) in [6, 6.07) is 1.76. The van der Waals surface area contributed by atoms with Crippen LogP contribution in [-0.4, -0.2) is 23.9 Å². The van der Waals surface area contributed by atoms with E-state index >= 15 is 0 Å². The first-order chi connectivity index (χ1) is 5.25.